The molecule has 0 atom stereocenters. The summed E-state index contributed by atoms with van der Waals surface area (Å²) in [6.07, 6.45) is 3.87. The van der Waals surface area contributed by atoms with Crippen LogP contribution in [-0.2, 0) is 13.0 Å². The van der Waals surface area contributed by atoms with Gasteiger partial charge in [0.1, 0.15) is 18.2 Å². The summed E-state index contributed by atoms with van der Waals surface area (Å²) in [6.45, 7) is 7.96. The Balaban J connectivity index is 1.28. The molecule has 0 bridgehead atoms. The van der Waals surface area contributed by atoms with Crippen LogP contribution in [0.1, 0.15) is 52.1 Å². The van der Waals surface area contributed by atoms with Crippen molar-refractivity contribution >= 4 is 28.5 Å². The van der Waals surface area contributed by atoms with Crippen molar-refractivity contribution in [2.24, 2.45) is 0 Å². The number of benzene rings is 3. The number of hydrogen-bond acceptors (Lipinski definition) is 3. The van der Waals surface area contributed by atoms with Crippen LogP contribution in [0.3, 0.4) is 0 Å². The van der Waals surface area contributed by atoms with Crippen molar-refractivity contribution in [1.82, 2.24) is 14.9 Å². The second kappa shape index (κ2) is 12.1. The van der Waals surface area contributed by atoms with E-state index in [0.29, 0.717) is 13.2 Å². The maximum atomic E-state index is 12.5. The highest BCUT2D eigenvalue weighted by Gasteiger charge is 2.11. The van der Waals surface area contributed by atoms with E-state index in [1.807, 2.05) is 69.3 Å². The van der Waals surface area contributed by atoms with Gasteiger partial charge < -0.3 is 14.6 Å². The van der Waals surface area contributed by atoms with Gasteiger partial charge in [0.05, 0.1) is 17.6 Å². The predicted molar refractivity (Wildman–Crippen MR) is 147 cm³/mol. The van der Waals surface area contributed by atoms with E-state index >= 15 is 0 Å². The molecule has 188 valence electrons. The summed E-state index contributed by atoms with van der Waals surface area (Å²) in [7, 11) is 0. The minimum atomic E-state index is 0.00479. The van der Waals surface area contributed by atoms with Crippen LogP contribution in [0.5, 0.6) is 5.75 Å². The molecule has 0 aliphatic rings. The maximum absolute atomic E-state index is 12.5. The molecule has 0 aliphatic carbocycles. The fourth-order valence-electron chi connectivity index (χ4n) is 4.48. The number of hydrogen-bond donors (Lipinski definition) is 1. The van der Waals surface area contributed by atoms with Gasteiger partial charge in [0.2, 0.25) is 0 Å². The van der Waals surface area contributed by atoms with E-state index in [0.717, 1.165) is 76.5 Å². The zero-order chi connectivity index (χ0) is 25.5. The standard InChI is InChI=1S/C30H34ClN3O2/c1-21-12-14-25(22(2)19-21)30(35)32-16-8-4-5-11-29-33-27-9-6-7-10-28(27)34(29)17-18-36-24-13-15-26(31)23(3)20-24/h6-7,9-10,12-15,19-20H,4-5,8,11,16-18H2,1-3H3,(H,32,35). The number of nitrogens with zero attached hydrogens (tertiary/aromatic N) is 2. The number of unbranched alkanes of at least 4 members (excludes halogenated alkanes) is 2. The lowest BCUT2D eigenvalue weighted by atomic mass is 10.1. The van der Waals surface area contributed by atoms with Crippen molar-refractivity contribution < 1.29 is 9.53 Å². The highest BCUT2D eigenvalue weighted by Crippen LogP contribution is 2.22. The number of aromatic nitrogens is 2. The third kappa shape index (κ3) is 6.46. The molecule has 1 amide bonds. The molecule has 0 unspecified atom stereocenters. The van der Waals surface area contributed by atoms with Crippen molar-refractivity contribution in [2.75, 3.05) is 13.2 Å². The molecule has 0 saturated carbocycles. The Labute approximate surface area is 218 Å². The maximum Gasteiger partial charge on any atom is 0.251 e. The van der Waals surface area contributed by atoms with Gasteiger partial charge in [0.25, 0.3) is 5.91 Å². The number of halogens is 1. The average Bonchev–Trinajstić information content (AvgIpc) is 3.20. The Morgan fingerprint density at radius 1 is 0.972 bits per heavy atom. The molecule has 0 aliphatic heterocycles. The summed E-state index contributed by atoms with van der Waals surface area (Å²) in [5.74, 6) is 1.90. The molecule has 3 aromatic carbocycles. The number of carbonyl (C=O) groups excluding carboxylic acids is 1. The quantitative estimate of drug-likeness (QED) is 0.228. The number of para-hydroxylation sites is 2. The van der Waals surface area contributed by atoms with E-state index in [9.17, 15) is 4.79 Å². The largest absolute Gasteiger partial charge is 0.492 e. The first kappa shape index (κ1) is 25.8. The van der Waals surface area contributed by atoms with Crippen LogP contribution in [0.4, 0.5) is 0 Å². The SMILES string of the molecule is Cc1ccc(C(=O)NCCCCCc2nc3ccccc3n2CCOc2ccc(Cl)c(C)c2)c(C)c1. The lowest BCUT2D eigenvalue weighted by molar-refractivity contribution is 0.0952. The third-order valence-electron chi connectivity index (χ3n) is 6.44. The van der Waals surface area contributed by atoms with Crippen LogP contribution >= 0.6 is 11.6 Å². The van der Waals surface area contributed by atoms with Crippen LogP contribution in [0, 0.1) is 20.8 Å². The normalized spacial score (nSPS) is 11.1. The van der Waals surface area contributed by atoms with E-state index in [1.165, 1.54) is 5.56 Å². The van der Waals surface area contributed by atoms with Crippen LogP contribution in [0.2, 0.25) is 5.02 Å². The van der Waals surface area contributed by atoms with E-state index in [-0.39, 0.29) is 5.91 Å². The van der Waals surface area contributed by atoms with Crippen molar-refractivity contribution in [2.45, 2.75) is 53.0 Å². The van der Waals surface area contributed by atoms with Crippen LogP contribution in [0.15, 0.2) is 60.7 Å². The van der Waals surface area contributed by atoms with Crippen molar-refractivity contribution in [3.8, 4) is 5.75 Å². The van der Waals surface area contributed by atoms with Gasteiger partial charge in [-0.1, -0.05) is 47.9 Å². The Hall–Kier alpha value is -3.31. The third-order valence-corrected chi connectivity index (χ3v) is 6.86. The lowest BCUT2D eigenvalue weighted by Gasteiger charge is -2.12. The highest BCUT2D eigenvalue weighted by atomic mass is 35.5. The molecule has 4 aromatic rings. The minimum Gasteiger partial charge on any atom is -0.492 e. The first-order valence-corrected chi connectivity index (χ1v) is 13.0. The summed E-state index contributed by atoms with van der Waals surface area (Å²) in [6, 6.07) is 19.9. The van der Waals surface area contributed by atoms with Gasteiger partial charge in [-0.2, -0.15) is 0 Å². The van der Waals surface area contributed by atoms with Gasteiger partial charge in [-0.05, 0) is 81.1 Å². The molecule has 4 rings (SSSR count). The van der Waals surface area contributed by atoms with Crippen molar-refractivity contribution in [3.63, 3.8) is 0 Å². The average molecular weight is 504 g/mol. The topological polar surface area (TPSA) is 56.2 Å². The fourth-order valence-corrected chi connectivity index (χ4v) is 4.60. The van der Waals surface area contributed by atoms with Crippen molar-refractivity contribution in [3.05, 3.63) is 93.8 Å². The number of imidazole rings is 1. The molecule has 5 nitrogen and oxygen atoms in total. The second-order valence-electron chi connectivity index (χ2n) is 9.31. The minimum absolute atomic E-state index is 0.00479. The number of aryl methyl sites for hydroxylation is 4. The van der Waals surface area contributed by atoms with Gasteiger partial charge in [-0.15, -0.1) is 0 Å². The van der Waals surface area contributed by atoms with Gasteiger partial charge >= 0.3 is 0 Å². The summed E-state index contributed by atoms with van der Waals surface area (Å²) in [5, 5.41) is 3.80. The summed E-state index contributed by atoms with van der Waals surface area (Å²) in [4.78, 5) is 17.4. The molecular weight excluding hydrogens is 470 g/mol. The molecule has 1 N–H and O–H groups in total. The lowest BCUT2D eigenvalue weighted by Crippen LogP contribution is -2.25. The Bertz CT molecular complexity index is 1350. The van der Waals surface area contributed by atoms with E-state index < -0.39 is 0 Å². The van der Waals surface area contributed by atoms with Crippen LogP contribution < -0.4 is 10.1 Å². The zero-order valence-electron chi connectivity index (χ0n) is 21.3. The Kier molecular flexibility index (Phi) is 8.65. The first-order valence-electron chi connectivity index (χ1n) is 12.6. The smallest absolute Gasteiger partial charge is 0.251 e. The predicted octanol–water partition coefficient (Wildman–Crippen LogP) is 6.84. The number of rotatable bonds is 11. The first-order chi connectivity index (χ1) is 17.4. The van der Waals surface area contributed by atoms with E-state index in [2.05, 4.69) is 22.0 Å². The van der Waals surface area contributed by atoms with Crippen LogP contribution in [0.25, 0.3) is 11.0 Å². The van der Waals surface area contributed by atoms with Gasteiger partial charge in [0, 0.05) is 23.6 Å². The Morgan fingerprint density at radius 3 is 2.61 bits per heavy atom. The number of carbonyl (C=O) groups is 1. The van der Waals surface area contributed by atoms with Gasteiger partial charge in [-0.25, -0.2) is 4.98 Å². The summed E-state index contributed by atoms with van der Waals surface area (Å²) in [5.41, 5.74) is 6.08. The molecule has 1 heterocycles. The summed E-state index contributed by atoms with van der Waals surface area (Å²) < 4.78 is 8.27. The molecule has 36 heavy (non-hydrogen) atoms. The molecule has 6 heteroatoms. The second-order valence-corrected chi connectivity index (χ2v) is 9.72. The fraction of sp³-hybridized carbons (Fsp3) is 0.333. The number of amides is 1. The molecule has 0 spiro atoms. The molecule has 1 aromatic heterocycles. The highest BCUT2D eigenvalue weighted by molar-refractivity contribution is 6.31. The number of fused-ring (bicyclic) bond motifs is 1. The van der Waals surface area contributed by atoms with E-state index in [4.69, 9.17) is 21.3 Å². The molecule has 0 radical (unpaired) electrons. The zero-order valence-corrected chi connectivity index (χ0v) is 22.1. The van der Waals surface area contributed by atoms with Gasteiger partial charge in [0.15, 0.2) is 0 Å². The molecule has 0 fully saturated rings. The van der Waals surface area contributed by atoms with Crippen LogP contribution in [-0.4, -0.2) is 28.6 Å². The van der Waals surface area contributed by atoms with Gasteiger partial charge in [-0.3, -0.25) is 4.79 Å². The monoisotopic (exact) mass is 503 g/mol. The molecular formula is C30H34ClN3O2. The summed E-state index contributed by atoms with van der Waals surface area (Å²) >= 11 is 6.13. The van der Waals surface area contributed by atoms with E-state index in [1.54, 1.807) is 0 Å². The number of nitrogens with one attached hydrogen (secondary N) is 1. The van der Waals surface area contributed by atoms with Crippen molar-refractivity contribution in [1.29, 1.82) is 0 Å². The molecule has 0 saturated heterocycles. The Morgan fingerprint density at radius 2 is 1.81 bits per heavy atom. The number of ether oxygens (including phenoxy) is 1.